The van der Waals surface area contributed by atoms with Crippen LogP contribution in [-0.4, -0.2) is 50.2 Å². The molecule has 0 spiro atoms. The Bertz CT molecular complexity index is 435. The van der Waals surface area contributed by atoms with Crippen LogP contribution >= 0.6 is 0 Å². The first-order valence-corrected chi connectivity index (χ1v) is 8.99. The van der Waals surface area contributed by atoms with Gasteiger partial charge in [-0.15, -0.1) is 0 Å². The van der Waals surface area contributed by atoms with Gasteiger partial charge in [0.15, 0.2) is 0 Å². The van der Waals surface area contributed by atoms with Crippen molar-refractivity contribution >= 4 is 21.9 Å². The lowest BCUT2D eigenvalue weighted by molar-refractivity contribution is -0.143. The molecule has 0 aromatic carbocycles. The Kier molecular flexibility index (Phi) is 11.0. The number of rotatable bonds is 13. The molecule has 0 aliphatic rings. The van der Waals surface area contributed by atoms with Crippen LogP contribution in [0.5, 0.6) is 0 Å². The second kappa shape index (κ2) is 11.6. The highest BCUT2D eigenvalue weighted by Gasteiger charge is 2.19. The molecular weight excluding hydrogens is 310 g/mol. The highest BCUT2D eigenvalue weighted by atomic mass is 32.2. The van der Waals surface area contributed by atoms with Gasteiger partial charge >= 0.3 is 5.97 Å². The van der Waals surface area contributed by atoms with E-state index in [0.29, 0.717) is 0 Å². The molecule has 130 valence electrons. The number of carbonyl (C=O) groups is 2. The molecule has 0 saturated heterocycles. The van der Waals surface area contributed by atoms with Crippen LogP contribution in [-0.2, 0) is 24.4 Å². The summed E-state index contributed by atoms with van der Waals surface area (Å²) in [6, 6.07) is 0. The highest BCUT2D eigenvalue weighted by Crippen LogP contribution is 2.11. The average Bonchev–Trinajstić information content (AvgIpc) is 2.40. The maximum absolute atomic E-state index is 11.5. The minimum absolute atomic E-state index is 0.140. The summed E-state index contributed by atoms with van der Waals surface area (Å²) >= 11 is 0. The lowest BCUT2D eigenvalue weighted by Gasteiger charge is -2.19. The first kappa shape index (κ1) is 21.0. The van der Waals surface area contributed by atoms with E-state index in [9.17, 15) is 22.6 Å². The van der Waals surface area contributed by atoms with Crippen molar-refractivity contribution in [3.8, 4) is 0 Å². The average molecular weight is 336 g/mol. The summed E-state index contributed by atoms with van der Waals surface area (Å²) in [4.78, 5) is 22.4. The number of carbonyl (C=O) groups excluding carboxylic acids is 2. The van der Waals surface area contributed by atoms with Crippen molar-refractivity contribution in [1.29, 1.82) is 0 Å². The molecule has 0 fully saturated rings. The number of esters is 1. The number of hydrogen-bond donors (Lipinski definition) is 1. The van der Waals surface area contributed by atoms with E-state index >= 15 is 0 Å². The summed E-state index contributed by atoms with van der Waals surface area (Å²) in [6.45, 7) is 2.02. The van der Waals surface area contributed by atoms with Crippen LogP contribution in [0.15, 0.2) is 0 Å². The summed E-state index contributed by atoms with van der Waals surface area (Å²) in [5.74, 6) is -0.782. The van der Waals surface area contributed by atoms with Gasteiger partial charge in [0.1, 0.15) is 5.78 Å². The van der Waals surface area contributed by atoms with E-state index in [4.69, 9.17) is 4.74 Å². The van der Waals surface area contributed by atoms with Crippen molar-refractivity contribution in [2.45, 2.75) is 57.1 Å². The van der Waals surface area contributed by atoms with Gasteiger partial charge in [-0.25, -0.2) is 8.42 Å². The van der Waals surface area contributed by atoms with Crippen molar-refractivity contribution in [1.82, 2.24) is 5.32 Å². The van der Waals surface area contributed by atoms with E-state index in [1.54, 1.807) is 0 Å². The fourth-order valence-corrected chi connectivity index (χ4v) is 2.79. The molecule has 0 radical (unpaired) electrons. The van der Waals surface area contributed by atoms with Crippen LogP contribution in [0.25, 0.3) is 0 Å². The van der Waals surface area contributed by atoms with Gasteiger partial charge in [0, 0.05) is 12.8 Å². The van der Waals surface area contributed by atoms with Crippen molar-refractivity contribution in [3.63, 3.8) is 0 Å². The van der Waals surface area contributed by atoms with Crippen LogP contribution in [0.4, 0.5) is 0 Å². The molecule has 8 heteroatoms. The lowest BCUT2D eigenvalue weighted by atomic mass is 10.1. The Labute approximate surface area is 132 Å². The van der Waals surface area contributed by atoms with Crippen LogP contribution in [0.2, 0.25) is 0 Å². The Balaban J connectivity index is 3.87. The first-order valence-electron chi connectivity index (χ1n) is 7.51. The van der Waals surface area contributed by atoms with E-state index in [1.165, 1.54) is 6.92 Å². The highest BCUT2D eigenvalue weighted by molar-refractivity contribution is 7.86. The second-order valence-electron chi connectivity index (χ2n) is 5.30. The van der Waals surface area contributed by atoms with Gasteiger partial charge in [0.2, 0.25) is 0 Å². The van der Waals surface area contributed by atoms with E-state index in [-0.39, 0.29) is 31.7 Å². The number of Topliss-reactive ketones (excluding diaryl/α,β-unsaturated/α-hetero) is 1. The minimum atomic E-state index is -4.56. The van der Waals surface area contributed by atoms with Crippen molar-refractivity contribution in [2.24, 2.45) is 0 Å². The molecule has 0 rings (SSSR count). The molecule has 1 N–H and O–H groups in total. The standard InChI is InChI=1S/C14H27NO6S/c1-12(16)11-13(22(18,19)20)8-10-21-14(17)7-5-3-4-6-9-15-2/h13,15H,3-11H2,1-2H3,(H,18,19,20)/p-1. The molecule has 0 heterocycles. The minimum Gasteiger partial charge on any atom is -0.748 e. The molecular formula is C14H26NO6S-. The summed E-state index contributed by atoms with van der Waals surface area (Å²) < 4.78 is 37.9. The van der Waals surface area contributed by atoms with Gasteiger partial charge in [-0.05, 0) is 39.8 Å². The molecule has 22 heavy (non-hydrogen) atoms. The van der Waals surface area contributed by atoms with Crippen LogP contribution in [0.3, 0.4) is 0 Å². The number of hydrogen-bond acceptors (Lipinski definition) is 7. The molecule has 7 nitrogen and oxygen atoms in total. The summed E-state index contributed by atoms with van der Waals surface area (Å²) in [5.41, 5.74) is 0. The molecule has 0 aromatic heterocycles. The second-order valence-corrected chi connectivity index (χ2v) is 6.95. The monoisotopic (exact) mass is 336 g/mol. The third kappa shape index (κ3) is 11.6. The number of ketones is 1. The third-order valence-electron chi connectivity index (χ3n) is 3.18. The van der Waals surface area contributed by atoms with Gasteiger partial charge < -0.3 is 14.6 Å². The maximum Gasteiger partial charge on any atom is 0.305 e. The fraction of sp³-hybridized carbons (Fsp3) is 0.857. The zero-order valence-corrected chi connectivity index (χ0v) is 14.1. The van der Waals surface area contributed by atoms with Gasteiger partial charge in [-0.2, -0.15) is 0 Å². The van der Waals surface area contributed by atoms with Gasteiger partial charge in [-0.1, -0.05) is 12.8 Å². The molecule has 0 aliphatic heterocycles. The van der Waals surface area contributed by atoms with E-state index in [1.807, 2.05) is 7.05 Å². The van der Waals surface area contributed by atoms with Crippen LogP contribution in [0, 0.1) is 0 Å². The molecule has 0 bridgehead atoms. The van der Waals surface area contributed by atoms with Crippen molar-refractivity contribution in [3.05, 3.63) is 0 Å². The van der Waals surface area contributed by atoms with E-state index in [2.05, 4.69) is 5.32 Å². The zero-order valence-electron chi connectivity index (χ0n) is 13.3. The fourth-order valence-electron chi connectivity index (χ4n) is 1.97. The first-order chi connectivity index (χ1) is 10.3. The molecule has 0 aliphatic carbocycles. The largest absolute Gasteiger partial charge is 0.748 e. The predicted molar refractivity (Wildman–Crippen MR) is 81.4 cm³/mol. The smallest absolute Gasteiger partial charge is 0.305 e. The maximum atomic E-state index is 11.5. The Hall–Kier alpha value is -0.990. The molecule has 0 amide bonds. The summed E-state index contributed by atoms with van der Waals surface area (Å²) in [5, 5.41) is 1.72. The molecule has 1 unspecified atom stereocenters. The summed E-state index contributed by atoms with van der Waals surface area (Å²) in [7, 11) is -2.67. The number of nitrogens with one attached hydrogen (secondary N) is 1. The number of ether oxygens (including phenoxy) is 1. The lowest BCUT2D eigenvalue weighted by Crippen LogP contribution is -2.25. The Morgan fingerprint density at radius 3 is 2.36 bits per heavy atom. The van der Waals surface area contributed by atoms with Crippen LogP contribution < -0.4 is 5.32 Å². The molecule has 0 aromatic rings. The normalized spacial score (nSPS) is 12.9. The number of unbranched alkanes of at least 4 members (excludes halogenated alkanes) is 3. The third-order valence-corrected chi connectivity index (χ3v) is 4.40. The topological polar surface area (TPSA) is 113 Å². The molecule has 0 saturated carbocycles. The quantitative estimate of drug-likeness (QED) is 0.303. The van der Waals surface area contributed by atoms with E-state index in [0.717, 1.165) is 32.2 Å². The van der Waals surface area contributed by atoms with Gasteiger partial charge in [0.05, 0.1) is 22.0 Å². The zero-order chi connectivity index (χ0) is 17.0. The Morgan fingerprint density at radius 2 is 1.82 bits per heavy atom. The van der Waals surface area contributed by atoms with Gasteiger partial charge in [-0.3, -0.25) is 9.59 Å². The predicted octanol–water partition coefficient (Wildman–Crippen LogP) is 0.983. The molecule has 1 atom stereocenters. The van der Waals surface area contributed by atoms with Crippen LogP contribution in [0.1, 0.15) is 51.9 Å². The Morgan fingerprint density at radius 1 is 1.18 bits per heavy atom. The SMILES string of the molecule is CNCCCCCCC(=O)OCCC(CC(C)=O)S(=O)(=O)[O-]. The van der Waals surface area contributed by atoms with Crippen molar-refractivity contribution < 1.29 is 27.3 Å². The van der Waals surface area contributed by atoms with Gasteiger partial charge in [0.25, 0.3) is 0 Å². The van der Waals surface area contributed by atoms with Crippen molar-refractivity contribution in [2.75, 3.05) is 20.2 Å². The summed E-state index contributed by atoms with van der Waals surface area (Å²) in [6.07, 6.45) is 3.54. The van der Waals surface area contributed by atoms with E-state index < -0.39 is 21.3 Å².